The first-order chi connectivity index (χ1) is 8.16. The van der Waals surface area contributed by atoms with Crippen molar-refractivity contribution in [3.05, 3.63) is 52.4 Å². The summed E-state index contributed by atoms with van der Waals surface area (Å²) in [7, 11) is 0. The number of rotatable bonds is 4. The van der Waals surface area contributed by atoms with Crippen molar-refractivity contribution < 1.29 is 9.15 Å². The molecule has 1 aromatic carbocycles. The first kappa shape index (κ1) is 12.2. The zero-order valence-electron chi connectivity index (χ0n) is 9.52. The molecule has 0 aliphatic heterocycles. The maximum atomic E-state index is 5.81. The fourth-order valence-electron chi connectivity index (χ4n) is 1.46. The Morgan fingerprint density at radius 3 is 2.82 bits per heavy atom. The Bertz CT molecular complexity index is 480. The third-order valence-corrected chi connectivity index (χ3v) is 3.05. The van der Waals surface area contributed by atoms with E-state index in [1.54, 1.807) is 6.26 Å². The summed E-state index contributed by atoms with van der Waals surface area (Å²) in [6.07, 6.45) is 1.63. The van der Waals surface area contributed by atoms with Crippen molar-refractivity contribution in [2.75, 3.05) is 0 Å². The lowest BCUT2D eigenvalue weighted by Crippen LogP contribution is -2.05. The van der Waals surface area contributed by atoms with Crippen molar-refractivity contribution in [2.24, 2.45) is 5.73 Å². The van der Waals surface area contributed by atoms with E-state index in [-0.39, 0.29) is 6.04 Å². The maximum absolute atomic E-state index is 5.81. The minimum Gasteiger partial charge on any atom is -0.484 e. The zero-order chi connectivity index (χ0) is 12.3. The average molecular weight is 296 g/mol. The van der Waals surface area contributed by atoms with E-state index in [1.165, 1.54) is 0 Å². The second-order valence-electron chi connectivity index (χ2n) is 3.85. The van der Waals surface area contributed by atoms with E-state index in [0.717, 1.165) is 21.5 Å². The Balaban J connectivity index is 2.06. The predicted molar refractivity (Wildman–Crippen MR) is 69.8 cm³/mol. The van der Waals surface area contributed by atoms with Crippen molar-refractivity contribution in [3.63, 3.8) is 0 Å². The van der Waals surface area contributed by atoms with Crippen LogP contribution in [-0.2, 0) is 6.61 Å². The minimum atomic E-state index is 0.0189. The molecule has 0 radical (unpaired) electrons. The number of nitrogens with two attached hydrogens (primary N) is 1. The van der Waals surface area contributed by atoms with Gasteiger partial charge >= 0.3 is 0 Å². The molecule has 2 rings (SSSR count). The molecule has 1 aromatic heterocycles. The molecule has 0 aliphatic rings. The number of hydrogen-bond acceptors (Lipinski definition) is 3. The monoisotopic (exact) mass is 295 g/mol. The van der Waals surface area contributed by atoms with Crippen molar-refractivity contribution in [2.45, 2.75) is 19.6 Å². The molecule has 4 heteroatoms. The Hall–Kier alpha value is -1.26. The maximum Gasteiger partial charge on any atom is 0.146 e. The second-order valence-corrected chi connectivity index (χ2v) is 4.70. The van der Waals surface area contributed by atoms with Crippen LogP contribution in [0, 0.1) is 0 Å². The Labute approximate surface area is 109 Å². The van der Waals surface area contributed by atoms with Gasteiger partial charge in [-0.15, -0.1) is 0 Å². The van der Waals surface area contributed by atoms with Crippen molar-refractivity contribution in [1.82, 2.24) is 0 Å². The summed E-state index contributed by atoms with van der Waals surface area (Å²) in [6, 6.07) is 9.59. The molecule has 0 bridgehead atoms. The molecule has 0 amide bonds. The molecule has 90 valence electrons. The summed E-state index contributed by atoms with van der Waals surface area (Å²) >= 11 is 3.47. The van der Waals surface area contributed by atoms with Crippen LogP contribution in [0.2, 0.25) is 0 Å². The van der Waals surface area contributed by atoms with Crippen molar-refractivity contribution in [1.29, 1.82) is 0 Å². The Morgan fingerprint density at radius 2 is 2.24 bits per heavy atom. The van der Waals surface area contributed by atoms with E-state index < -0.39 is 0 Å². The molecule has 1 unspecified atom stereocenters. The minimum absolute atomic E-state index is 0.0189. The number of benzene rings is 1. The van der Waals surface area contributed by atoms with Gasteiger partial charge in [-0.1, -0.05) is 6.07 Å². The molecule has 3 nitrogen and oxygen atoms in total. The van der Waals surface area contributed by atoms with Crippen LogP contribution in [0.3, 0.4) is 0 Å². The molecule has 0 saturated heterocycles. The molecule has 0 saturated carbocycles. The van der Waals surface area contributed by atoms with E-state index in [2.05, 4.69) is 15.9 Å². The molecular weight excluding hydrogens is 282 g/mol. The Morgan fingerprint density at radius 1 is 1.41 bits per heavy atom. The van der Waals surface area contributed by atoms with Gasteiger partial charge in [0.25, 0.3) is 0 Å². The van der Waals surface area contributed by atoms with Gasteiger partial charge in [-0.05, 0) is 52.7 Å². The number of hydrogen-bond donors (Lipinski definition) is 1. The van der Waals surface area contributed by atoms with Crippen LogP contribution in [0.15, 0.2) is 45.5 Å². The van der Waals surface area contributed by atoms with Crippen molar-refractivity contribution >= 4 is 15.9 Å². The second kappa shape index (κ2) is 5.38. The van der Waals surface area contributed by atoms with Crippen LogP contribution >= 0.6 is 15.9 Å². The smallest absolute Gasteiger partial charge is 0.146 e. The lowest BCUT2D eigenvalue weighted by atomic mass is 10.1. The van der Waals surface area contributed by atoms with Gasteiger partial charge in [0, 0.05) is 6.04 Å². The van der Waals surface area contributed by atoms with E-state index in [4.69, 9.17) is 14.9 Å². The van der Waals surface area contributed by atoms with Crippen LogP contribution in [0.4, 0.5) is 0 Å². The summed E-state index contributed by atoms with van der Waals surface area (Å²) in [4.78, 5) is 0. The SMILES string of the molecule is CC(N)c1ccc(OCc2ccco2)c(Br)c1. The molecule has 17 heavy (non-hydrogen) atoms. The molecule has 1 atom stereocenters. The lowest BCUT2D eigenvalue weighted by Gasteiger charge is -2.10. The number of ether oxygens (including phenoxy) is 1. The third-order valence-electron chi connectivity index (χ3n) is 2.43. The van der Waals surface area contributed by atoms with Crippen LogP contribution in [0.1, 0.15) is 24.3 Å². The quantitative estimate of drug-likeness (QED) is 0.937. The topological polar surface area (TPSA) is 48.4 Å². The van der Waals surface area contributed by atoms with Gasteiger partial charge in [0.1, 0.15) is 18.1 Å². The van der Waals surface area contributed by atoms with Gasteiger partial charge in [0.15, 0.2) is 0 Å². The largest absolute Gasteiger partial charge is 0.484 e. The molecule has 0 aliphatic carbocycles. The van der Waals surface area contributed by atoms with Gasteiger partial charge in [-0.3, -0.25) is 0 Å². The molecule has 1 heterocycles. The summed E-state index contributed by atoms with van der Waals surface area (Å²) in [6.45, 7) is 2.37. The van der Waals surface area contributed by atoms with Gasteiger partial charge in [-0.25, -0.2) is 0 Å². The molecule has 0 fully saturated rings. The predicted octanol–water partition coefficient (Wildman–Crippen LogP) is 3.64. The lowest BCUT2D eigenvalue weighted by molar-refractivity contribution is 0.268. The van der Waals surface area contributed by atoms with Gasteiger partial charge < -0.3 is 14.9 Å². The molecule has 0 spiro atoms. The van der Waals surface area contributed by atoms with E-state index in [9.17, 15) is 0 Å². The van der Waals surface area contributed by atoms with Crippen molar-refractivity contribution in [3.8, 4) is 5.75 Å². The summed E-state index contributed by atoms with van der Waals surface area (Å²) in [5.41, 5.74) is 6.88. The van der Waals surface area contributed by atoms with E-state index in [0.29, 0.717) is 6.61 Å². The summed E-state index contributed by atoms with van der Waals surface area (Å²) in [5, 5.41) is 0. The molecule has 2 aromatic rings. The van der Waals surface area contributed by atoms with Gasteiger partial charge in [-0.2, -0.15) is 0 Å². The van der Waals surface area contributed by atoms with Gasteiger partial charge in [0.2, 0.25) is 0 Å². The standard InChI is InChI=1S/C13H14BrNO2/c1-9(15)10-4-5-13(12(14)7-10)17-8-11-3-2-6-16-11/h2-7,9H,8,15H2,1H3. The fourth-order valence-corrected chi connectivity index (χ4v) is 1.97. The van der Waals surface area contributed by atoms with Crippen LogP contribution in [0.5, 0.6) is 5.75 Å². The van der Waals surface area contributed by atoms with Crippen LogP contribution in [0.25, 0.3) is 0 Å². The number of halogens is 1. The first-order valence-corrected chi connectivity index (χ1v) is 6.16. The Kier molecular flexibility index (Phi) is 3.86. The van der Waals surface area contributed by atoms with Crippen LogP contribution in [-0.4, -0.2) is 0 Å². The zero-order valence-corrected chi connectivity index (χ0v) is 11.1. The first-order valence-electron chi connectivity index (χ1n) is 5.37. The number of furan rings is 1. The highest BCUT2D eigenvalue weighted by atomic mass is 79.9. The normalized spacial score (nSPS) is 12.4. The highest BCUT2D eigenvalue weighted by Gasteiger charge is 2.06. The third kappa shape index (κ3) is 3.11. The summed E-state index contributed by atoms with van der Waals surface area (Å²) in [5.74, 6) is 1.58. The average Bonchev–Trinajstić information content (AvgIpc) is 2.80. The summed E-state index contributed by atoms with van der Waals surface area (Å²) < 4.78 is 11.7. The fraction of sp³-hybridized carbons (Fsp3) is 0.231. The highest BCUT2D eigenvalue weighted by molar-refractivity contribution is 9.10. The highest BCUT2D eigenvalue weighted by Crippen LogP contribution is 2.28. The van der Waals surface area contributed by atoms with E-state index >= 15 is 0 Å². The molecule has 2 N–H and O–H groups in total. The van der Waals surface area contributed by atoms with Gasteiger partial charge in [0.05, 0.1) is 10.7 Å². The van der Waals surface area contributed by atoms with Crippen LogP contribution < -0.4 is 10.5 Å². The molecular formula is C13H14BrNO2. The van der Waals surface area contributed by atoms with E-state index in [1.807, 2.05) is 37.3 Å².